The van der Waals surface area contributed by atoms with Crippen molar-refractivity contribution < 1.29 is 0 Å². The Bertz CT molecular complexity index is 708. The minimum absolute atomic E-state index is 0.612. The topological polar surface area (TPSA) is 26.0 Å². The van der Waals surface area contributed by atoms with E-state index >= 15 is 0 Å². The van der Waals surface area contributed by atoms with Crippen LogP contribution < -0.4 is 5.73 Å². The van der Waals surface area contributed by atoms with Crippen LogP contribution in [0.25, 0.3) is 5.57 Å². The Morgan fingerprint density at radius 1 is 1.09 bits per heavy atom. The summed E-state index contributed by atoms with van der Waals surface area (Å²) >= 11 is 0. The van der Waals surface area contributed by atoms with Crippen LogP contribution in [0.3, 0.4) is 0 Å². The van der Waals surface area contributed by atoms with E-state index in [1.165, 1.54) is 33.4 Å². The predicted molar refractivity (Wildman–Crippen MR) is 103 cm³/mol. The van der Waals surface area contributed by atoms with Gasteiger partial charge >= 0.3 is 0 Å². The van der Waals surface area contributed by atoms with E-state index in [0.29, 0.717) is 5.92 Å². The molecule has 0 spiro atoms. The fourth-order valence-corrected chi connectivity index (χ4v) is 3.11. The Morgan fingerprint density at radius 2 is 1.78 bits per heavy atom. The second-order valence-electron chi connectivity index (χ2n) is 6.98. The van der Waals surface area contributed by atoms with E-state index in [-0.39, 0.29) is 0 Å². The first-order valence-corrected chi connectivity index (χ1v) is 8.49. The minimum Gasteiger partial charge on any atom is -0.398 e. The van der Waals surface area contributed by atoms with Gasteiger partial charge in [-0.25, -0.2) is 0 Å². The third-order valence-corrected chi connectivity index (χ3v) is 4.42. The van der Waals surface area contributed by atoms with E-state index in [1.807, 2.05) is 12.1 Å². The zero-order chi connectivity index (χ0) is 17.0. The molecular weight excluding hydrogens is 278 g/mol. The molecular formula is C22H29N. The minimum atomic E-state index is 0.612. The number of hydrogen-bond donors (Lipinski definition) is 1. The van der Waals surface area contributed by atoms with Crippen molar-refractivity contribution in [2.24, 2.45) is 5.92 Å². The molecule has 0 aliphatic heterocycles. The molecule has 0 bridgehead atoms. The molecule has 0 saturated carbocycles. The molecule has 2 N–H and O–H groups in total. The van der Waals surface area contributed by atoms with Gasteiger partial charge in [0, 0.05) is 11.3 Å². The number of allylic oxidation sites excluding steroid dienone is 2. The largest absolute Gasteiger partial charge is 0.398 e. The smallest absolute Gasteiger partial charge is 0.0390 e. The summed E-state index contributed by atoms with van der Waals surface area (Å²) in [5, 5.41) is 0. The lowest BCUT2D eigenvalue weighted by molar-refractivity contribution is 0.673. The summed E-state index contributed by atoms with van der Waals surface area (Å²) in [6, 6.07) is 12.8. The van der Waals surface area contributed by atoms with E-state index in [1.54, 1.807) is 0 Å². The molecule has 2 aromatic rings. The van der Waals surface area contributed by atoms with Crippen molar-refractivity contribution in [3.05, 3.63) is 70.3 Å². The Balaban J connectivity index is 2.37. The highest BCUT2D eigenvalue weighted by Gasteiger charge is 2.09. The summed E-state index contributed by atoms with van der Waals surface area (Å²) in [4.78, 5) is 0. The van der Waals surface area contributed by atoms with Crippen LogP contribution in [-0.4, -0.2) is 0 Å². The molecule has 0 atom stereocenters. The first-order valence-electron chi connectivity index (χ1n) is 8.49. The van der Waals surface area contributed by atoms with Gasteiger partial charge < -0.3 is 5.73 Å². The summed E-state index contributed by atoms with van der Waals surface area (Å²) in [5.41, 5.74) is 15.1. The van der Waals surface area contributed by atoms with Crippen LogP contribution in [0.5, 0.6) is 0 Å². The Kier molecular flexibility index (Phi) is 5.65. The second-order valence-corrected chi connectivity index (χ2v) is 6.98. The van der Waals surface area contributed by atoms with Gasteiger partial charge in [0.2, 0.25) is 0 Å². The highest BCUT2D eigenvalue weighted by Crippen LogP contribution is 2.28. The van der Waals surface area contributed by atoms with Gasteiger partial charge in [0.15, 0.2) is 0 Å². The van der Waals surface area contributed by atoms with Gasteiger partial charge in [0.05, 0.1) is 0 Å². The first kappa shape index (κ1) is 17.3. The van der Waals surface area contributed by atoms with Gasteiger partial charge in [-0.05, 0) is 67.9 Å². The van der Waals surface area contributed by atoms with Crippen LogP contribution in [0.2, 0.25) is 0 Å². The Morgan fingerprint density at radius 3 is 2.43 bits per heavy atom. The van der Waals surface area contributed by atoms with Crippen LogP contribution in [0.4, 0.5) is 5.69 Å². The Hall–Kier alpha value is -2.02. The Labute approximate surface area is 141 Å². The molecule has 23 heavy (non-hydrogen) atoms. The molecule has 0 heterocycles. The molecule has 2 aromatic carbocycles. The van der Waals surface area contributed by atoms with Crippen molar-refractivity contribution in [3.8, 4) is 0 Å². The molecule has 0 aromatic heterocycles. The zero-order valence-corrected chi connectivity index (χ0v) is 15.1. The van der Waals surface area contributed by atoms with Crippen molar-refractivity contribution in [2.75, 3.05) is 5.73 Å². The lowest BCUT2D eigenvalue weighted by Gasteiger charge is -2.14. The summed E-state index contributed by atoms with van der Waals surface area (Å²) in [5.74, 6) is 0.612. The number of nitrogens with two attached hydrogens (primary N) is 1. The van der Waals surface area contributed by atoms with Gasteiger partial charge in [-0.3, -0.25) is 0 Å². The van der Waals surface area contributed by atoms with Crippen LogP contribution >= 0.6 is 0 Å². The number of rotatable bonds is 5. The van der Waals surface area contributed by atoms with Crippen molar-refractivity contribution in [1.29, 1.82) is 0 Å². The fraction of sp³-hybridized carbons (Fsp3) is 0.364. The maximum absolute atomic E-state index is 6.20. The second kappa shape index (κ2) is 7.50. The normalized spacial score (nSPS) is 12.0. The van der Waals surface area contributed by atoms with Gasteiger partial charge in [-0.15, -0.1) is 0 Å². The van der Waals surface area contributed by atoms with Crippen molar-refractivity contribution in [1.82, 2.24) is 0 Å². The predicted octanol–water partition coefficient (Wildman–Crippen LogP) is 5.87. The van der Waals surface area contributed by atoms with Crippen LogP contribution in [0.1, 0.15) is 48.1 Å². The molecule has 0 amide bonds. The van der Waals surface area contributed by atoms with E-state index in [0.717, 1.165) is 18.5 Å². The SMILES string of the molecule is Cc1cc(C)c(C)c(C/C=C(/CC(C)C)c2ccccc2N)c1. The summed E-state index contributed by atoms with van der Waals surface area (Å²) < 4.78 is 0. The van der Waals surface area contributed by atoms with Crippen molar-refractivity contribution in [2.45, 2.75) is 47.5 Å². The number of aryl methyl sites for hydroxylation is 2. The quantitative estimate of drug-likeness (QED) is 0.687. The first-order chi connectivity index (χ1) is 10.9. The number of nitrogen functional groups attached to an aromatic ring is 1. The average Bonchev–Trinajstić information content (AvgIpc) is 2.48. The monoisotopic (exact) mass is 307 g/mol. The fourth-order valence-electron chi connectivity index (χ4n) is 3.11. The molecule has 1 heteroatoms. The molecule has 0 unspecified atom stereocenters. The summed E-state index contributed by atoms with van der Waals surface area (Å²) in [6.07, 6.45) is 4.38. The van der Waals surface area contributed by atoms with Crippen LogP contribution in [0, 0.1) is 26.7 Å². The average molecular weight is 307 g/mol. The molecule has 0 fully saturated rings. The van der Waals surface area contributed by atoms with Gasteiger partial charge in [-0.1, -0.05) is 55.8 Å². The molecule has 0 aliphatic rings. The van der Waals surface area contributed by atoms with Gasteiger partial charge in [-0.2, -0.15) is 0 Å². The molecule has 1 nitrogen and oxygen atoms in total. The summed E-state index contributed by atoms with van der Waals surface area (Å²) in [6.45, 7) is 11.1. The maximum Gasteiger partial charge on any atom is 0.0390 e. The van der Waals surface area contributed by atoms with E-state index in [9.17, 15) is 0 Å². The molecule has 0 radical (unpaired) electrons. The number of hydrogen-bond acceptors (Lipinski definition) is 1. The highest BCUT2D eigenvalue weighted by atomic mass is 14.6. The highest BCUT2D eigenvalue weighted by molar-refractivity contribution is 5.75. The molecule has 0 saturated heterocycles. The zero-order valence-electron chi connectivity index (χ0n) is 15.1. The van der Waals surface area contributed by atoms with Gasteiger partial charge in [0.25, 0.3) is 0 Å². The third-order valence-electron chi connectivity index (χ3n) is 4.42. The molecule has 0 aliphatic carbocycles. The molecule has 2 rings (SSSR count). The van der Waals surface area contributed by atoms with Crippen molar-refractivity contribution >= 4 is 11.3 Å². The maximum atomic E-state index is 6.20. The standard InChI is InChI=1S/C22H29N/c1-15(2)12-20(21-8-6-7-9-22(21)23)11-10-19-14-16(3)13-17(4)18(19)5/h6-9,11,13-15H,10,12,23H2,1-5H3/b20-11-. The van der Waals surface area contributed by atoms with Crippen molar-refractivity contribution in [3.63, 3.8) is 0 Å². The van der Waals surface area contributed by atoms with E-state index in [2.05, 4.69) is 65.0 Å². The number of anilines is 1. The van der Waals surface area contributed by atoms with E-state index < -0.39 is 0 Å². The number of para-hydroxylation sites is 1. The lowest BCUT2D eigenvalue weighted by Crippen LogP contribution is -1.99. The van der Waals surface area contributed by atoms with E-state index in [4.69, 9.17) is 5.73 Å². The number of benzene rings is 2. The molecule has 122 valence electrons. The lowest BCUT2D eigenvalue weighted by atomic mass is 9.92. The van der Waals surface area contributed by atoms with Gasteiger partial charge in [0.1, 0.15) is 0 Å². The third kappa shape index (κ3) is 4.48. The van der Waals surface area contributed by atoms with Crippen LogP contribution in [-0.2, 0) is 6.42 Å². The van der Waals surface area contributed by atoms with Crippen LogP contribution in [0.15, 0.2) is 42.5 Å². The summed E-state index contributed by atoms with van der Waals surface area (Å²) in [7, 11) is 0.